The molecule has 0 spiro atoms. The zero-order valence-corrected chi connectivity index (χ0v) is 19.6. The third kappa shape index (κ3) is 4.53. The number of aromatic nitrogens is 4. The van der Waals surface area contributed by atoms with Crippen molar-refractivity contribution >= 4 is 28.6 Å². The monoisotopic (exact) mass is 469 g/mol. The Bertz CT molecular complexity index is 1440. The number of nitrogens with zero attached hydrogens (tertiary/aromatic N) is 4. The van der Waals surface area contributed by atoms with Gasteiger partial charge >= 0.3 is 0 Å². The molecule has 0 aliphatic carbocycles. The van der Waals surface area contributed by atoms with E-state index >= 15 is 0 Å². The van der Waals surface area contributed by atoms with Gasteiger partial charge in [0.1, 0.15) is 5.75 Å². The van der Waals surface area contributed by atoms with Gasteiger partial charge in [-0.3, -0.25) is 4.79 Å². The lowest BCUT2D eigenvalue weighted by atomic mass is 10.0. The predicted octanol–water partition coefficient (Wildman–Crippen LogP) is 5.66. The number of carbonyl (C=O) groups is 1. The van der Waals surface area contributed by atoms with Gasteiger partial charge in [-0.2, -0.15) is 9.61 Å². The van der Waals surface area contributed by atoms with Gasteiger partial charge in [0.2, 0.25) is 0 Å². The molecule has 3 heterocycles. The second-order valence-electron chi connectivity index (χ2n) is 8.10. The van der Waals surface area contributed by atoms with Crippen molar-refractivity contribution in [2.45, 2.75) is 19.8 Å². The number of ether oxygens (including phenoxy) is 1. The molecule has 0 unspecified atom stereocenters. The number of amides is 1. The van der Waals surface area contributed by atoms with Crippen molar-refractivity contribution < 1.29 is 9.53 Å². The van der Waals surface area contributed by atoms with E-state index in [-0.39, 0.29) is 12.5 Å². The van der Waals surface area contributed by atoms with Crippen LogP contribution < -0.4 is 10.1 Å². The summed E-state index contributed by atoms with van der Waals surface area (Å²) >= 11 is 1.59. The van der Waals surface area contributed by atoms with E-state index in [4.69, 9.17) is 9.84 Å². The third-order valence-electron chi connectivity index (χ3n) is 5.35. The molecule has 5 aromatic rings. The number of anilines is 1. The molecule has 0 atom stereocenters. The highest BCUT2D eigenvalue weighted by molar-refractivity contribution is 7.13. The Morgan fingerprint density at radius 3 is 2.74 bits per heavy atom. The first-order valence-corrected chi connectivity index (χ1v) is 11.8. The molecule has 7 nitrogen and oxygen atoms in total. The van der Waals surface area contributed by atoms with Gasteiger partial charge in [0.25, 0.3) is 5.91 Å². The van der Waals surface area contributed by atoms with Crippen molar-refractivity contribution in [3.63, 3.8) is 0 Å². The molecule has 0 saturated carbocycles. The van der Waals surface area contributed by atoms with Gasteiger partial charge in [0.05, 0.1) is 10.6 Å². The summed E-state index contributed by atoms with van der Waals surface area (Å²) in [7, 11) is 0. The van der Waals surface area contributed by atoms with Crippen LogP contribution in [0.5, 0.6) is 5.75 Å². The number of carbonyl (C=O) groups excluding carboxylic acids is 1. The first-order valence-electron chi connectivity index (χ1n) is 11.0. The zero-order chi connectivity index (χ0) is 23.5. The fourth-order valence-electron chi connectivity index (χ4n) is 3.69. The van der Waals surface area contributed by atoms with Gasteiger partial charge in [-0.15, -0.1) is 21.5 Å². The minimum atomic E-state index is -0.224. The maximum absolute atomic E-state index is 12.6. The van der Waals surface area contributed by atoms with Gasteiger partial charge in [-0.1, -0.05) is 50.2 Å². The molecular weight excluding hydrogens is 446 g/mol. The number of rotatable bonds is 7. The minimum Gasteiger partial charge on any atom is -0.483 e. The van der Waals surface area contributed by atoms with Crippen LogP contribution in [0.4, 0.5) is 5.69 Å². The van der Waals surface area contributed by atoms with Crippen LogP contribution in [0.2, 0.25) is 0 Å². The quantitative estimate of drug-likeness (QED) is 0.333. The Balaban J connectivity index is 1.32. The molecule has 0 aliphatic heterocycles. The van der Waals surface area contributed by atoms with Crippen molar-refractivity contribution in [1.82, 2.24) is 19.8 Å². The van der Waals surface area contributed by atoms with E-state index in [0.717, 1.165) is 27.4 Å². The highest BCUT2D eigenvalue weighted by atomic mass is 32.1. The molecule has 170 valence electrons. The summed E-state index contributed by atoms with van der Waals surface area (Å²) in [5.41, 5.74) is 4.05. The molecule has 8 heteroatoms. The summed E-state index contributed by atoms with van der Waals surface area (Å²) in [6.45, 7) is 4.13. The van der Waals surface area contributed by atoms with E-state index in [1.165, 1.54) is 0 Å². The lowest BCUT2D eigenvalue weighted by molar-refractivity contribution is -0.118. The molecular formula is C26H23N5O2S. The fraction of sp³-hybridized carbons (Fsp3) is 0.154. The summed E-state index contributed by atoms with van der Waals surface area (Å²) in [4.78, 5) is 13.6. The maximum atomic E-state index is 12.6. The molecule has 0 fully saturated rings. The Kier molecular flexibility index (Phi) is 6.05. The maximum Gasteiger partial charge on any atom is 0.262 e. The number of para-hydroxylation sites is 1. The summed E-state index contributed by atoms with van der Waals surface area (Å²) in [6, 6.07) is 23.1. The van der Waals surface area contributed by atoms with Crippen molar-refractivity contribution in [2.24, 2.45) is 0 Å². The number of nitrogens with one attached hydrogen (secondary N) is 1. The molecule has 1 amide bonds. The van der Waals surface area contributed by atoms with E-state index < -0.39 is 0 Å². The Morgan fingerprint density at radius 1 is 1.03 bits per heavy atom. The van der Waals surface area contributed by atoms with Crippen molar-refractivity contribution in [1.29, 1.82) is 0 Å². The molecule has 0 radical (unpaired) electrons. The molecule has 1 N–H and O–H groups in total. The van der Waals surface area contributed by atoms with Crippen LogP contribution in [-0.4, -0.2) is 32.3 Å². The van der Waals surface area contributed by atoms with Crippen LogP contribution in [0.25, 0.3) is 27.6 Å². The minimum absolute atomic E-state index is 0.0664. The molecule has 0 saturated heterocycles. The zero-order valence-electron chi connectivity index (χ0n) is 18.8. The molecule has 3 aromatic heterocycles. The average Bonchev–Trinajstić information content (AvgIpc) is 3.52. The van der Waals surface area contributed by atoms with Gasteiger partial charge in [-0.25, -0.2) is 0 Å². The summed E-state index contributed by atoms with van der Waals surface area (Å²) in [5.74, 6) is 1.52. The average molecular weight is 470 g/mol. The third-order valence-corrected chi connectivity index (χ3v) is 6.21. The number of benzene rings is 2. The number of thiophene rings is 1. The van der Waals surface area contributed by atoms with Crippen molar-refractivity contribution in [2.75, 3.05) is 11.9 Å². The van der Waals surface area contributed by atoms with Crippen molar-refractivity contribution in [3.05, 3.63) is 83.7 Å². The fourth-order valence-corrected chi connectivity index (χ4v) is 4.38. The summed E-state index contributed by atoms with van der Waals surface area (Å²) in [5, 5.41) is 18.2. The van der Waals surface area contributed by atoms with E-state index in [0.29, 0.717) is 23.1 Å². The highest BCUT2D eigenvalue weighted by Gasteiger charge is 2.13. The van der Waals surface area contributed by atoms with E-state index in [1.54, 1.807) is 15.9 Å². The summed E-state index contributed by atoms with van der Waals surface area (Å²) < 4.78 is 7.54. The standard InChI is InChI=1S/C26H23N5O2S/c1-17(2)20-9-3-4-10-22(20)33-16-25(32)27-19-8-5-7-18(15-19)21-12-13-24-28-29-26(31(24)30-21)23-11-6-14-34-23/h3-15,17H,16H2,1-2H3,(H,27,32). The Morgan fingerprint density at radius 2 is 1.91 bits per heavy atom. The SMILES string of the molecule is CC(C)c1ccccc1OCC(=O)Nc1cccc(-c2ccc3nnc(-c4cccs4)n3n2)c1. The smallest absolute Gasteiger partial charge is 0.262 e. The molecule has 0 aliphatic rings. The highest BCUT2D eigenvalue weighted by Crippen LogP contribution is 2.27. The largest absolute Gasteiger partial charge is 0.483 e. The first-order chi connectivity index (χ1) is 16.6. The lowest BCUT2D eigenvalue weighted by Crippen LogP contribution is -2.20. The molecule has 34 heavy (non-hydrogen) atoms. The second kappa shape index (κ2) is 9.44. The Hall–Kier alpha value is -4.04. The molecule has 2 aromatic carbocycles. The number of hydrogen-bond donors (Lipinski definition) is 1. The van der Waals surface area contributed by atoms with Crippen molar-refractivity contribution in [3.8, 4) is 27.7 Å². The summed E-state index contributed by atoms with van der Waals surface area (Å²) in [6.07, 6.45) is 0. The van der Waals surface area contributed by atoms with E-state index in [1.807, 2.05) is 78.2 Å². The number of fused-ring (bicyclic) bond motifs is 1. The van der Waals surface area contributed by atoms with Crippen LogP contribution in [-0.2, 0) is 4.79 Å². The van der Waals surface area contributed by atoms with Crippen LogP contribution >= 0.6 is 11.3 Å². The Labute approximate surface area is 201 Å². The van der Waals surface area contributed by atoms with Crippen LogP contribution in [0, 0.1) is 0 Å². The van der Waals surface area contributed by atoms with Gasteiger partial charge in [-0.05, 0) is 53.3 Å². The number of hydrogen-bond acceptors (Lipinski definition) is 6. The first kappa shape index (κ1) is 21.8. The lowest BCUT2D eigenvalue weighted by Gasteiger charge is -2.14. The second-order valence-corrected chi connectivity index (χ2v) is 9.05. The molecule has 5 rings (SSSR count). The van der Waals surface area contributed by atoms with E-state index in [2.05, 4.69) is 29.4 Å². The normalized spacial score (nSPS) is 11.1. The topological polar surface area (TPSA) is 81.4 Å². The molecule has 0 bridgehead atoms. The van der Waals surface area contributed by atoms with E-state index in [9.17, 15) is 4.79 Å². The van der Waals surface area contributed by atoms with Gasteiger partial charge in [0.15, 0.2) is 18.1 Å². The van der Waals surface area contributed by atoms with Gasteiger partial charge in [0, 0.05) is 11.3 Å². The van der Waals surface area contributed by atoms with Crippen LogP contribution in [0.1, 0.15) is 25.3 Å². The van der Waals surface area contributed by atoms with Crippen LogP contribution in [0.3, 0.4) is 0 Å². The van der Waals surface area contributed by atoms with Gasteiger partial charge < -0.3 is 10.1 Å². The predicted molar refractivity (Wildman–Crippen MR) is 134 cm³/mol. The van der Waals surface area contributed by atoms with Crippen LogP contribution in [0.15, 0.2) is 78.2 Å².